The molecule has 0 aliphatic heterocycles. The van der Waals surface area contributed by atoms with Crippen molar-refractivity contribution in [3.05, 3.63) is 0 Å². The molecule has 0 aliphatic carbocycles. The lowest BCUT2D eigenvalue weighted by Crippen LogP contribution is -2.54. The van der Waals surface area contributed by atoms with Crippen molar-refractivity contribution in [2.75, 3.05) is 7.11 Å². The van der Waals surface area contributed by atoms with Crippen molar-refractivity contribution in [1.82, 2.24) is 4.90 Å². The molecule has 0 aromatic heterocycles. The van der Waals surface area contributed by atoms with Gasteiger partial charge in [-0.05, 0) is 34.1 Å². The molecule has 1 N–H and O–H groups in total. The van der Waals surface area contributed by atoms with E-state index in [9.17, 15) is 14.4 Å². The molecule has 0 saturated carbocycles. The van der Waals surface area contributed by atoms with E-state index >= 15 is 0 Å². The number of aliphatic carboxylic acids is 1. The summed E-state index contributed by atoms with van der Waals surface area (Å²) >= 11 is 0. The highest BCUT2D eigenvalue weighted by molar-refractivity contribution is 5.86. The Labute approximate surface area is 118 Å². The van der Waals surface area contributed by atoms with Gasteiger partial charge in [0.1, 0.15) is 17.7 Å². The van der Waals surface area contributed by atoms with Crippen molar-refractivity contribution in [2.45, 2.75) is 58.7 Å². The van der Waals surface area contributed by atoms with E-state index in [1.54, 1.807) is 27.7 Å². The van der Waals surface area contributed by atoms with E-state index in [1.165, 1.54) is 14.0 Å². The van der Waals surface area contributed by atoms with Gasteiger partial charge in [0.05, 0.1) is 7.11 Å². The van der Waals surface area contributed by atoms with Gasteiger partial charge in [-0.15, -0.1) is 0 Å². The molecule has 0 rings (SSSR count). The number of methoxy groups -OCH3 is 1. The summed E-state index contributed by atoms with van der Waals surface area (Å²) in [6.07, 6.45) is -0.631. The van der Waals surface area contributed by atoms with Crippen LogP contribution in [0.5, 0.6) is 0 Å². The molecule has 1 amide bonds. The molecule has 0 heterocycles. The predicted molar refractivity (Wildman–Crippen MR) is 71.3 cm³/mol. The maximum absolute atomic E-state index is 12.2. The Hall–Kier alpha value is -1.79. The van der Waals surface area contributed by atoms with Crippen LogP contribution in [0.25, 0.3) is 0 Å². The number of nitrogens with zero attached hydrogens (tertiary/aromatic N) is 1. The summed E-state index contributed by atoms with van der Waals surface area (Å²) in [5.74, 6) is -1.90. The molecular formula is C13H23NO6. The standard InChI is InChI=1S/C13H23NO6/c1-7-9(11(17)19-6)14(8(2)10(15)16)12(18)20-13(3,4)5/h8-9H,7H2,1-6H3,(H,15,16)/t8-,9+/m0/s1. The lowest BCUT2D eigenvalue weighted by molar-refractivity contribution is -0.152. The number of hydrogen-bond acceptors (Lipinski definition) is 5. The third-order valence-electron chi connectivity index (χ3n) is 2.57. The molecule has 0 aliphatic rings. The molecule has 0 unspecified atom stereocenters. The summed E-state index contributed by atoms with van der Waals surface area (Å²) in [6, 6.07) is -2.20. The van der Waals surface area contributed by atoms with E-state index in [-0.39, 0.29) is 6.42 Å². The van der Waals surface area contributed by atoms with Crippen LogP contribution in [-0.2, 0) is 19.1 Å². The molecule has 2 atom stereocenters. The molecule has 0 aromatic rings. The second kappa shape index (κ2) is 7.12. The molecule has 20 heavy (non-hydrogen) atoms. The first-order valence-electron chi connectivity index (χ1n) is 6.37. The first kappa shape index (κ1) is 18.2. The largest absolute Gasteiger partial charge is 0.480 e. The summed E-state index contributed by atoms with van der Waals surface area (Å²) in [5.41, 5.74) is -0.790. The fourth-order valence-corrected chi connectivity index (χ4v) is 1.60. The maximum atomic E-state index is 12.2. The van der Waals surface area contributed by atoms with Crippen molar-refractivity contribution in [1.29, 1.82) is 0 Å². The van der Waals surface area contributed by atoms with Crippen LogP contribution in [0.15, 0.2) is 0 Å². The van der Waals surface area contributed by atoms with Crippen LogP contribution < -0.4 is 0 Å². The summed E-state index contributed by atoms with van der Waals surface area (Å²) in [4.78, 5) is 35.9. The maximum Gasteiger partial charge on any atom is 0.411 e. The second-order valence-electron chi connectivity index (χ2n) is 5.35. The van der Waals surface area contributed by atoms with Crippen LogP contribution >= 0.6 is 0 Å². The Balaban J connectivity index is 5.42. The van der Waals surface area contributed by atoms with E-state index in [0.717, 1.165) is 4.90 Å². The summed E-state index contributed by atoms with van der Waals surface area (Å²) in [5, 5.41) is 9.10. The van der Waals surface area contributed by atoms with Crippen LogP contribution in [0.3, 0.4) is 0 Å². The smallest absolute Gasteiger partial charge is 0.411 e. The van der Waals surface area contributed by atoms with Gasteiger partial charge < -0.3 is 14.6 Å². The first-order chi connectivity index (χ1) is 9.05. The zero-order chi connectivity index (χ0) is 16.1. The van der Waals surface area contributed by atoms with Gasteiger partial charge in [-0.25, -0.2) is 14.4 Å². The number of esters is 1. The van der Waals surface area contributed by atoms with Crippen molar-refractivity contribution < 1.29 is 29.0 Å². The minimum Gasteiger partial charge on any atom is -0.480 e. The predicted octanol–water partition coefficient (Wildman–Crippen LogP) is 1.65. The molecule has 7 heteroatoms. The molecule has 7 nitrogen and oxygen atoms in total. The zero-order valence-electron chi connectivity index (χ0n) is 12.8. The number of carboxylic acid groups (broad SMARTS) is 1. The van der Waals surface area contributed by atoms with Gasteiger partial charge in [-0.3, -0.25) is 4.90 Å². The highest BCUT2D eigenvalue weighted by Crippen LogP contribution is 2.17. The summed E-state index contributed by atoms with van der Waals surface area (Å²) in [6.45, 7) is 7.96. The van der Waals surface area contributed by atoms with Crippen LogP contribution in [0.2, 0.25) is 0 Å². The minimum atomic E-state index is -1.22. The molecule has 116 valence electrons. The molecule has 0 radical (unpaired) electrons. The number of rotatable bonds is 5. The summed E-state index contributed by atoms with van der Waals surface area (Å²) in [7, 11) is 1.18. The number of hydrogen-bond donors (Lipinski definition) is 1. The lowest BCUT2D eigenvalue weighted by Gasteiger charge is -2.33. The quantitative estimate of drug-likeness (QED) is 0.773. The average Bonchev–Trinajstić information content (AvgIpc) is 2.31. The third-order valence-corrected chi connectivity index (χ3v) is 2.57. The van der Waals surface area contributed by atoms with Gasteiger partial charge in [0, 0.05) is 0 Å². The first-order valence-corrected chi connectivity index (χ1v) is 6.37. The van der Waals surface area contributed by atoms with Gasteiger partial charge in [0.15, 0.2) is 0 Å². The van der Waals surface area contributed by atoms with E-state index in [2.05, 4.69) is 4.74 Å². The molecule has 0 spiro atoms. The third kappa shape index (κ3) is 5.07. The van der Waals surface area contributed by atoms with Crippen molar-refractivity contribution in [3.8, 4) is 0 Å². The average molecular weight is 289 g/mol. The monoisotopic (exact) mass is 289 g/mol. The van der Waals surface area contributed by atoms with Gasteiger partial charge in [-0.2, -0.15) is 0 Å². The topological polar surface area (TPSA) is 93.1 Å². The normalized spacial score (nSPS) is 14.1. The van der Waals surface area contributed by atoms with Crippen molar-refractivity contribution in [3.63, 3.8) is 0 Å². The number of amides is 1. The Morgan fingerprint density at radius 2 is 1.75 bits per heavy atom. The van der Waals surface area contributed by atoms with Crippen LogP contribution in [0.4, 0.5) is 4.79 Å². The Morgan fingerprint density at radius 1 is 1.25 bits per heavy atom. The van der Waals surface area contributed by atoms with Crippen LogP contribution in [-0.4, -0.2) is 52.8 Å². The second-order valence-corrected chi connectivity index (χ2v) is 5.35. The van der Waals surface area contributed by atoms with Gasteiger partial charge in [-0.1, -0.05) is 6.92 Å². The Morgan fingerprint density at radius 3 is 2.05 bits per heavy atom. The van der Waals surface area contributed by atoms with Crippen molar-refractivity contribution >= 4 is 18.0 Å². The van der Waals surface area contributed by atoms with Gasteiger partial charge in [0.2, 0.25) is 0 Å². The fraction of sp³-hybridized carbons (Fsp3) is 0.769. The zero-order valence-corrected chi connectivity index (χ0v) is 12.8. The van der Waals surface area contributed by atoms with E-state index in [0.29, 0.717) is 0 Å². The molecular weight excluding hydrogens is 266 g/mol. The Kier molecular flexibility index (Phi) is 6.48. The lowest BCUT2D eigenvalue weighted by atomic mass is 10.1. The van der Waals surface area contributed by atoms with Crippen molar-refractivity contribution in [2.24, 2.45) is 0 Å². The van der Waals surface area contributed by atoms with Gasteiger partial charge in [0.25, 0.3) is 0 Å². The number of carbonyl (C=O) groups excluding carboxylic acids is 2. The number of carbonyl (C=O) groups is 3. The number of ether oxygens (including phenoxy) is 2. The SMILES string of the molecule is CC[C@H](C(=O)OC)N(C(=O)OC(C)(C)C)[C@@H](C)C(=O)O. The van der Waals surface area contributed by atoms with Gasteiger partial charge >= 0.3 is 18.0 Å². The minimum absolute atomic E-state index is 0.226. The highest BCUT2D eigenvalue weighted by atomic mass is 16.6. The molecule has 0 bridgehead atoms. The Bertz CT molecular complexity index is 374. The van der Waals surface area contributed by atoms with Crippen LogP contribution in [0.1, 0.15) is 41.0 Å². The highest BCUT2D eigenvalue weighted by Gasteiger charge is 2.38. The molecule has 0 saturated heterocycles. The van der Waals surface area contributed by atoms with E-state index in [4.69, 9.17) is 9.84 Å². The van der Waals surface area contributed by atoms with E-state index < -0.39 is 35.7 Å². The molecule has 0 aromatic carbocycles. The van der Waals surface area contributed by atoms with E-state index in [1.807, 2.05) is 0 Å². The molecule has 0 fully saturated rings. The summed E-state index contributed by atoms with van der Waals surface area (Å²) < 4.78 is 9.78. The fourth-order valence-electron chi connectivity index (χ4n) is 1.60. The van der Waals surface area contributed by atoms with Crippen LogP contribution in [0, 0.1) is 0 Å². The number of carboxylic acids is 1.